The zero-order chi connectivity index (χ0) is 16.6. The van der Waals surface area contributed by atoms with Gasteiger partial charge in [0.2, 0.25) is 5.91 Å². The van der Waals surface area contributed by atoms with E-state index in [9.17, 15) is 9.59 Å². The molecule has 1 aliphatic rings. The maximum Gasteiger partial charge on any atom is 0.290 e. The molecule has 6 heteroatoms. The highest BCUT2D eigenvalue weighted by Gasteiger charge is 2.31. The molecule has 3 rings (SSSR count). The molecule has 0 atom stereocenters. The Morgan fingerprint density at radius 1 is 1.35 bits per heavy atom. The van der Waals surface area contributed by atoms with Crippen LogP contribution in [0.5, 0.6) is 0 Å². The summed E-state index contributed by atoms with van der Waals surface area (Å²) in [6.45, 7) is 1.80. The van der Waals surface area contributed by atoms with Gasteiger partial charge in [0.05, 0.1) is 0 Å². The number of nitrogens with zero attached hydrogens (tertiary/aromatic N) is 1. The number of carbonyl (C=O) groups excluding carboxylic acids is 2. The van der Waals surface area contributed by atoms with Gasteiger partial charge in [-0.1, -0.05) is 28.8 Å². The molecule has 122 valence electrons. The molecular formula is C17H19BrN2O3. The topological polar surface area (TPSA) is 76.5 Å². The zero-order valence-corrected chi connectivity index (χ0v) is 14.6. The molecule has 0 spiro atoms. The van der Waals surface area contributed by atoms with Crippen molar-refractivity contribution >= 4 is 38.7 Å². The molecule has 0 unspecified atom stereocenters. The summed E-state index contributed by atoms with van der Waals surface area (Å²) in [4.78, 5) is 25.9. The second kappa shape index (κ2) is 6.35. The number of hydrogen-bond acceptors (Lipinski definition) is 3. The van der Waals surface area contributed by atoms with Crippen molar-refractivity contribution in [3.05, 3.63) is 34.0 Å². The zero-order valence-electron chi connectivity index (χ0n) is 13.0. The van der Waals surface area contributed by atoms with Gasteiger partial charge < -0.3 is 15.1 Å². The van der Waals surface area contributed by atoms with Crippen molar-refractivity contribution in [2.75, 3.05) is 6.54 Å². The van der Waals surface area contributed by atoms with Crippen LogP contribution < -0.4 is 5.73 Å². The first-order valence-corrected chi connectivity index (χ1v) is 8.54. The first-order chi connectivity index (χ1) is 11.0. The van der Waals surface area contributed by atoms with Gasteiger partial charge >= 0.3 is 0 Å². The molecule has 2 N–H and O–H groups in total. The molecule has 1 fully saturated rings. The third-order valence-electron chi connectivity index (χ3n) is 4.44. The normalized spacial score (nSPS) is 15.2. The maximum atomic E-state index is 13.0. The van der Waals surface area contributed by atoms with E-state index in [1.165, 1.54) is 0 Å². The fourth-order valence-corrected chi connectivity index (χ4v) is 3.64. The first kappa shape index (κ1) is 16.1. The molecule has 1 aliphatic carbocycles. The lowest BCUT2D eigenvalue weighted by molar-refractivity contribution is -0.119. The van der Waals surface area contributed by atoms with Crippen LogP contribution >= 0.6 is 15.9 Å². The van der Waals surface area contributed by atoms with Crippen LogP contribution in [0.3, 0.4) is 0 Å². The fraction of sp³-hybridized carbons (Fsp3) is 0.412. The van der Waals surface area contributed by atoms with Gasteiger partial charge in [-0.15, -0.1) is 0 Å². The van der Waals surface area contributed by atoms with Crippen molar-refractivity contribution in [2.45, 2.75) is 38.6 Å². The summed E-state index contributed by atoms with van der Waals surface area (Å²) in [5.41, 5.74) is 6.80. The summed E-state index contributed by atoms with van der Waals surface area (Å²) >= 11 is 3.43. The molecule has 2 aromatic rings. The summed E-state index contributed by atoms with van der Waals surface area (Å²) in [7, 11) is 0. The van der Waals surface area contributed by atoms with Crippen LogP contribution in [0.4, 0.5) is 0 Å². The third-order valence-corrected chi connectivity index (χ3v) is 4.94. The number of primary amides is 1. The average molecular weight is 379 g/mol. The van der Waals surface area contributed by atoms with Crippen LogP contribution in [0.2, 0.25) is 0 Å². The summed E-state index contributed by atoms with van der Waals surface area (Å²) in [5, 5.41) is 0.896. The van der Waals surface area contributed by atoms with Gasteiger partial charge in [0.25, 0.3) is 5.91 Å². The van der Waals surface area contributed by atoms with Crippen LogP contribution in [0, 0.1) is 6.92 Å². The molecule has 1 aromatic carbocycles. The minimum atomic E-state index is -0.498. The molecule has 5 nitrogen and oxygen atoms in total. The second-order valence-electron chi connectivity index (χ2n) is 6.03. The molecule has 23 heavy (non-hydrogen) atoms. The number of rotatable bonds is 4. The Hall–Kier alpha value is -1.82. The Morgan fingerprint density at radius 2 is 2.04 bits per heavy atom. The predicted molar refractivity (Wildman–Crippen MR) is 91.1 cm³/mol. The van der Waals surface area contributed by atoms with E-state index < -0.39 is 5.91 Å². The summed E-state index contributed by atoms with van der Waals surface area (Å²) in [6, 6.07) is 5.70. The van der Waals surface area contributed by atoms with Crippen LogP contribution in [0.15, 0.2) is 27.1 Å². The van der Waals surface area contributed by atoms with E-state index in [1.54, 1.807) is 4.90 Å². The van der Waals surface area contributed by atoms with E-state index in [4.69, 9.17) is 10.2 Å². The van der Waals surface area contributed by atoms with Crippen LogP contribution in [0.1, 0.15) is 41.8 Å². The molecule has 1 aromatic heterocycles. The lowest BCUT2D eigenvalue weighted by atomic mass is 10.1. The quantitative estimate of drug-likeness (QED) is 0.885. The number of hydrogen-bond donors (Lipinski definition) is 1. The fourth-order valence-electron chi connectivity index (χ4n) is 3.28. The highest BCUT2D eigenvalue weighted by atomic mass is 79.9. The number of aryl methyl sites for hydroxylation is 1. The lowest BCUT2D eigenvalue weighted by Gasteiger charge is -2.27. The van der Waals surface area contributed by atoms with E-state index in [1.807, 2.05) is 25.1 Å². The van der Waals surface area contributed by atoms with Crippen molar-refractivity contribution in [2.24, 2.45) is 5.73 Å². The molecule has 1 heterocycles. The Bertz CT molecular complexity index is 763. The second-order valence-corrected chi connectivity index (χ2v) is 6.95. The number of amides is 2. The Balaban J connectivity index is 1.99. The lowest BCUT2D eigenvalue weighted by Crippen LogP contribution is -2.44. The maximum absolute atomic E-state index is 13.0. The van der Waals surface area contributed by atoms with E-state index >= 15 is 0 Å². The number of benzene rings is 1. The van der Waals surface area contributed by atoms with E-state index in [-0.39, 0.29) is 18.5 Å². The summed E-state index contributed by atoms with van der Waals surface area (Å²) in [6.07, 6.45) is 3.95. The molecule has 0 saturated heterocycles. The van der Waals surface area contributed by atoms with Crippen LogP contribution in [-0.2, 0) is 4.79 Å². The van der Waals surface area contributed by atoms with Crippen LogP contribution in [-0.4, -0.2) is 29.3 Å². The van der Waals surface area contributed by atoms with Crippen molar-refractivity contribution in [3.8, 4) is 0 Å². The number of furan rings is 1. The third kappa shape index (κ3) is 3.13. The average Bonchev–Trinajstić information content (AvgIpc) is 3.13. The van der Waals surface area contributed by atoms with Gasteiger partial charge in [-0.05, 0) is 38.0 Å². The SMILES string of the molecule is Cc1c(C(=O)N(CC(N)=O)C2CCCC2)oc2ccc(Br)cc12. The monoisotopic (exact) mass is 378 g/mol. The highest BCUT2D eigenvalue weighted by Crippen LogP contribution is 2.31. The van der Waals surface area contributed by atoms with Crippen molar-refractivity contribution in [1.29, 1.82) is 0 Å². The minimum Gasteiger partial charge on any atom is -0.451 e. The minimum absolute atomic E-state index is 0.0642. The smallest absolute Gasteiger partial charge is 0.290 e. The van der Waals surface area contributed by atoms with Gasteiger partial charge in [-0.25, -0.2) is 0 Å². The number of nitrogens with two attached hydrogens (primary N) is 1. The molecule has 0 bridgehead atoms. The predicted octanol–water partition coefficient (Wildman–Crippen LogP) is 3.37. The molecule has 0 radical (unpaired) electrons. The molecule has 0 aliphatic heterocycles. The van der Waals surface area contributed by atoms with E-state index in [0.29, 0.717) is 11.3 Å². The van der Waals surface area contributed by atoms with E-state index in [0.717, 1.165) is 41.1 Å². The molecular weight excluding hydrogens is 360 g/mol. The summed E-state index contributed by atoms with van der Waals surface area (Å²) in [5.74, 6) is -0.450. The Morgan fingerprint density at radius 3 is 2.70 bits per heavy atom. The van der Waals surface area contributed by atoms with E-state index in [2.05, 4.69) is 15.9 Å². The van der Waals surface area contributed by atoms with Gasteiger partial charge in [0, 0.05) is 21.5 Å². The molecule has 2 amide bonds. The Kier molecular flexibility index (Phi) is 4.43. The largest absolute Gasteiger partial charge is 0.451 e. The number of halogens is 1. The van der Waals surface area contributed by atoms with Gasteiger partial charge in [-0.3, -0.25) is 9.59 Å². The highest BCUT2D eigenvalue weighted by molar-refractivity contribution is 9.10. The van der Waals surface area contributed by atoms with Crippen molar-refractivity contribution < 1.29 is 14.0 Å². The Labute approximate surface area is 142 Å². The van der Waals surface area contributed by atoms with Gasteiger partial charge in [0.1, 0.15) is 12.1 Å². The van der Waals surface area contributed by atoms with Crippen LogP contribution in [0.25, 0.3) is 11.0 Å². The number of carbonyl (C=O) groups is 2. The van der Waals surface area contributed by atoms with Gasteiger partial charge in [-0.2, -0.15) is 0 Å². The summed E-state index contributed by atoms with van der Waals surface area (Å²) < 4.78 is 6.70. The first-order valence-electron chi connectivity index (χ1n) is 7.75. The molecule has 1 saturated carbocycles. The van der Waals surface area contributed by atoms with Crippen molar-refractivity contribution in [3.63, 3.8) is 0 Å². The number of fused-ring (bicyclic) bond motifs is 1. The standard InChI is InChI=1S/C17H19BrN2O3/c1-10-13-8-11(18)6-7-14(13)23-16(10)17(22)20(9-15(19)21)12-4-2-3-5-12/h6-8,12H,2-5,9H2,1H3,(H2,19,21). The van der Waals surface area contributed by atoms with Gasteiger partial charge in [0.15, 0.2) is 5.76 Å². The van der Waals surface area contributed by atoms with Crippen molar-refractivity contribution in [1.82, 2.24) is 4.90 Å².